The van der Waals surface area contributed by atoms with Crippen LogP contribution in [-0.4, -0.2) is 23.5 Å². The van der Waals surface area contributed by atoms with Crippen molar-refractivity contribution in [2.45, 2.75) is 20.0 Å². The molecule has 3 rings (SSSR count). The Bertz CT molecular complexity index is 768. The topological polar surface area (TPSA) is 38.5 Å². The van der Waals surface area contributed by atoms with Crippen LogP contribution < -0.4 is 4.74 Å². The minimum atomic E-state index is 0.625. The van der Waals surface area contributed by atoms with E-state index in [2.05, 4.69) is 41.2 Å². The Morgan fingerprint density at radius 2 is 1.88 bits per heavy atom. The fourth-order valence-electron chi connectivity index (χ4n) is 2.63. The van der Waals surface area contributed by atoms with Gasteiger partial charge in [-0.3, -0.25) is 4.90 Å². The average molecular weight is 322 g/mol. The highest BCUT2D eigenvalue weighted by Gasteiger charge is 2.10. The van der Waals surface area contributed by atoms with Gasteiger partial charge in [0.15, 0.2) is 0 Å². The molecule has 0 N–H and O–H groups in total. The molecular formula is C20H22N2O2. The van der Waals surface area contributed by atoms with Crippen molar-refractivity contribution in [1.82, 2.24) is 9.88 Å². The molecule has 4 heteroatoms. The van der Waals surface area contributed by atoms with Gasteiger partial charge in [-0.1, -0.05) is 36.4 Å². The van der Waals surface area contributed by atoms with Crippen molar-refractivity contribution in [3.63, 3.8) is 0 Å². The zero-order valence-corrected chi connectivity index (χ0v) is 14.1. The lowest BCUT2D eigenvalue weighted by Crippen LogP contribution is -2.17. The second-order valence-corrected chi connectivity index (χ2v) is 5.76. The van der Waals surface area contributed by atoms with Gasteiger partial charge in [0.1, 0.15) is 12.0 Å². The number of hydrogen-bond acceptors (Lipinski definition) is 4. The first-order valence-electron chi connectivity index (χ1n) is 8.14. The Kier molecular flexibility index (Phi) is 5.29. The Morgan fingerprint density at radius 3 is 2.67 bits per heavy atom. The number of benzene rings is 2. The van der Waals surface area contributed by atoms with Crippen LogP contribution in [0.4, 0.5) is 0 Å². The maximum Gasteiger partial charge on any atom is 0.226 e. The van der Waals surface area contributed by atoms with E-state index in [9.17, 15) is 0 Å². The molecule has 0 saturated carbocycles. The quantitative estimate of drug-likeness (QED) is 0.647. The summed E-state index contributed by atoms with van der Waals surface area (Å²) in [4.78, 5) is 6.82. The third-order valence-corrected chi connectivity index (χ3v) is 3.67. The van der Waals surface area contributed by atoms with Gasteiger partial charge in [0, 0.05) is 18.7 Å². The van der Waals surface area contributed by atoms with Gasteiger partial charge >= 0.3 is 0 Å². The molecule has 0 fully saturated rings. The van der Waals surface area contributed by atoms with Crippen molar-refractivity contribution in [3.8, 4) is 17.2 Å². The molecule has 2 aromatic carbocycles. The molecule has 0 aliphatic carbocycles. The van der Waals surface area contributed by atoms with Gasteiger partial charge in [-0.25, -0.2) is 4.98 Å². The molecule has 24 heavy (non-hydrogen) atoms. The van der Waals surface area contributed by atoms with E-state index >= 15 is 0 Å². The van der Waals surface area contributed by atoms with Gasteiger partial charge < -0.3 is 9.15 Å². The molecule has 124 valence electrons. The van der Waals surface area contributed by atoms with Gasteiger partial charge in [-0.15, -0.1) is 0 Å². The summed E-state index contributed by atoms with van der Waals surface area (Å²) in [7, 11) is 2.08. The maximum absolute atomic E-state index is 5.64. The smallest absolute Gasteiger partial charge is 0.226 e. The van der Waals surface area contributed by atoms with Crippen molar-refractivity contribution in [2.24, 2.45) is 0 Å². The molecule has 1 aromatic heterocycles. The highest BCUT2D eigenvalue weighted by Crippen LogP contribution is 2.23. The lowest BCUT2D eigenvalue weighted by Gasteiger charge is -2.14. The molecule has 3 aromatic rings. The standard InChI is InChI=1S/C20H22N2O2/c1-3-23-19-11-7-10-17(12-19)20-21-18(15-24-20)14-22(2)13-16-8-5-4-6-9-16/h4-12,15H,3,13-14H2,1-2H3. The van der Waals surface area contributed by atoms with Crippen molar-refractivity contribution in [3.05, 3.63) is 72.1 Å². The summed E-state index contributed by atoms with van der Waals surface area (Å²) in [6, 6.07) is 18.2. The summed E-state index contributed by atoms with van der Waals surface area (Å²) in [5.74, 6) is 1.45. The second kappa shape index (κ2) is 7.79. The minimum absolute atomic E-state index is 0.625. The van der Waals surface area contributed by atoms with E-state index in [1.807, 2.05) is 37.3 Å². The van der Waals surface area contributed by atoms with E-state index in [0.717, 1.165) is 30.1 Å². The van der Waals surface area contributed by atoms with Crippen LogP contribution in [0.1, 0.15) is 18.2 Å². The van der Waals surface area contributed by atoms with E-state index < -0.39 is 0 Å². The van der Waals surface area contributed by atoms with Crippen LogP contribution in [0, 0.1) is 0 Å². The molecule has 1 heterocycles. The molecule has 0 aliphatic rings. The van der Waals surface area contributed by atoms with E-state index in [1.165, 1.54) is 5.56 Å². The number of oxazole rings is 1. The molecule has 0 spiro atoms. The van der Waals surface area contributed by atoms with E-state index in [4.69, 9.17) is 9.15 Å². The zero-order valence-electron chi connectivity index (χ0n) is 14.1. The van der Waals surface area contributed by atoms with Crippen LogP contribution in [0.2, 0.25) is 0 Å². The Labute approximate surface area is 142 Å². The first-order valence-corrected chi connectivity index (χ1v) is 8.14. The molecule has 4 nitrogen and oxygen atoms in total. The lowest BCUT2D eigenvalue weighted by atomic mass is 10.2. The maximum atomic E-state index is 5.64. The summed E-state index contributed by atoms with van der Waals surface area (Å²) in [6.45, 7) is 4.23. The summed E-state index contributed by atoms with van der Waals surface area (Å²) < 4.78 is 11.2. The van der Waals surface area contributed by atoms with Gasteiger partial charge in [0.05, 0.1) is 12.3 Å². The minimum Gasteiger partial charge on any atom is -0.494 e. The molecule has 0 saturated heterocycles. The van der Waals surface area contributed by atoms with Crippen molar-refractivity contribution < 1.29 is 9.15 Å². The predicted octanol–water partition coefficient (Wildman–Crippen LogP) is 4.37. The van der Waals surface area contributed by atoms with Crippen LogP contribution in [0.3, 0.4) is 0 Å². The summed E-state index contributed by atoms with van der Waals surface area (Å²) in [6.07, 6.45) is 1.73. The van der Waals surface area contributed by atoms with E-state index in [-0.39, 0.29) is 0 Å². The number of hydrogen-bond donors (Lipinski definition) is 0. The molecule has 0 bridgehead atoms. The number of ether oxygens (including phenoxy) is 1. The van der Waals surface area contributed by atoms with Gasteiger partial charge in [-0.05, 0) is 37.7 Å². The van der Waals surface area contributed by atoms with Gasteiger partial charge in [0.25, 0.3) is 0 Å². The zero-order chi connectivity index (χ0) is 16.8. The fraction of sp³-hybridized carbons (Fsp3) is 0.250. The van der Waals surface area contributed by atoms with E-state index in [0.29, 0.717) is 12.5 Å². The summed E-state index contributed by atoms with van der Waals surface area (Å²) in [5, 5.41) is 0. The van der Waals surface area contributed by atoms with Gasteiger partial charge in [0.2, 0.25) is 5.89 Å². The normalized spacial score (nSPS) is 11.0. The monoisotopic (exact) mass is 322 g/mol. The molecule has 0 atom stereocenters. The third-order valence-electron chi connectivity index (χ3n) is 3.67. The summed E-state index contributed by atoms with van der Waals surface area (Å²) in [5.41, 5.74) is 3.14. The highest BCUT2D eigenvalue weighted by atomic mass is 16.5. The number of rotatable bonds is 7. The summed E-state index contributed by atoms with van der Waals surface area (Å²) >= 11 is 0. The van der Waals surface area contributed by atoms with Crippen LogP contribution in [0.25, 0.3) is 11.5 Å². The number of aromatic nitrogens is 1. The average Bonchev–Trinajstić information content (AvgIpc) is 3.05. The largest absolute Gasteiger partial charge is 0.494 e. The number of nitrogens with zero attached hydrogens (tertiary/aromatic N) is 2. The Balaban J connectivity index is 1.66. The third kappa shape index (κ3) is 4.24. The second-order valence-electron chi connectivity index (χ2n) is 5.76. The van der Waals surface area contributed by atoms with E-state index in [1.54, 1.807) is 6.26 Å². The van der Waals surface area contributed by atoms with Crippen LogP contribution in [0.5, 0.6) is 5.75 Å². The van der Waals surface area contributed by atoms with Crippen molar-refractivity contribution in [2.75, 3.05) is 13.7 Å². The van der Waals surface area contributed by atoms with Crippen molar-refractivity contribution in [1.29, 1.82) is 0 Å². The van der Waals surface area contributed by atoms with Crippen LogP contribution in [0.15, 0.2) is 65.3 Å². The fourth-order valence-corrected chi connectivity index (χ4v) is 2.63. The first-order chi connectivity index (χ1) is 11.7. The molecule has 0 radical (unpaired) electrons. The Morgan fingerprint density at radius 1 is 1.04 bits per heavy atom. The van der Waals surface area contributed by atoms with Crippen LogP contribution >= 0.6 is 0 Å². The molecular weight excluding hydrogens is 300 g/mol. The lowest BCUT2D eigenvalue weighted by molar-refractivity contribution is 0.315. The van der Waals surface area contributed by atoms with Gasteiger partial charge in [-0.2, -0.15) is 0 Å². The Hall–Kier alpha value is -2.59. The molecule has 0 unspecified atom stereocenters. The molecule has 0 aliphatic heterocycles. The van der Waals surface area contributed by atoms with Crippen LogP contribution in [-0.2, 0) is 13.1 Å². The SMILES string of the molecule is CCOc1cccc(-c2nc(CN(C)Cc3ccccc3)co2)c1. The first kappa shape index (κ1) is 16.3. The predicted molar refractivity (Wildman–Crippen MR) is 94.7 cm³/mol. The highest BCUT2D eigenvalue weighted by molar-refractivity contribution is 5.56. The van der Waals surface area contributed by atoms with Crippen molar-refractivity contribution >= 4 is 0 Å². The molecule has 0 amide bonds.